The standard InChI is InChI=1S/C21H22O6/c1-14(20(23)16-8-6-5-7-9-16)27-19(22)11-10-15-12-17(24-2)21(26-4)18(13-15)25-3/h5-14H,1-4H3/b11-10+/t14-/m1/s1. The molecule has 0 aliphatic carbocycles. The van der Waals surface area contributed by atoms with Gasteiger partial charge >= 0.3 is 5.97 Å². The van der Waals surface area contributed by atoms with Gasteiger partial charge in [-0.3, -0.25) is 4.79 Å². The van der Waals surface area contributed by atoms with Crippen LogP contribution in [-0.2, 0) is 9.53 Å². The molecule has 0 fully saturated rings. The second-order valence-electron chi connectivity index (χ2n) is 5.60. The average Bonchev–Trinajstić information content (AvgIpc) is 2.71. The second kappa shape index (κ2) is 9.43. The molecule has 0 heterocycles. The van der Waals surface area contributed by atoms with E-state index in [1.165, 1.54) is 27.4 Å². The molecule has 0 aromatic heterocycles. The number of carbonyl (C=O) groups is 2. The monoisotopic (exact) mass is 370 g/mol. The van der Waals surface area contributed by atoms with Gasteiger partial charge in [-0.15, -0.1) is 0 Å². The molecule has 0 aliphatic rings. The fourth-order valence-electron chi connectivity index (χ4n) is 2.47. The Bertz CT molecular complexity index is 801. The van der Waals surface area contributed by atoms with Gasteiger partial charge in [-0.05, 0) is 30.7 Å². The Balaban J connectivity index is 2.09. The number of benzene rings is 2. The lowest BCUT2D eigenvalue weighted by molar-refractivity contribution is -0.140. The zero-order valence-electron chi connectivity index (χ0n) is 15.7. The highest BCUT2D eigenvalue weighted by Crippen LogP contribution is 2.38. The van der Waals surface area contributed by atoms with Crippen LogP contribution in [0.25, 0.3) is 6.08 Å². The smallest absolute Gasteiger partial charge is 0.331 e. The first-order valence-electron chi connectivity index (χ1n) is 8.28. The summed E-state index contributed by atoms with van der Waals surface area (Å²) in [6, 6.07) is 12.1. The summed E-state index contributed by atoms with van der Waals surface area (Å²) >= 11 is 0. The van der Waals surface area contributed by atoms with Crippen molar-refractivity contribution in [2.45, 2.75) is 13.0 Å². The number of methoxy groups -OCH3 is 3. The van der Waals surface area contributed by atoms with E-state index >= 15 is 0 Å². The van der Waals surface area contributed by atoms with Gasteiger partial charge in [0.15, 0.2) is 17.6 Å². The molecular formula is C21H22O6. The number of Topliss-reactive ketones (excluding diaryl/α,β-unsaturated/α-hetero) is 1. The normalized spacial score (nSPS) is 11.7. The van der Waals surface area contributed by atoms with Gasteiger partial charge in [0.25, 0.3) is 0 Å². The largest absolute Gasteiger partial charge is 0.493 e. The Morgan fingerprint density at radius 3 is 2.04 bits per heavy atom. The number of carbonyl (C=O) groups excluding carboxylic acids is 2. The molecule has 1 atom stereocenters. The Morgan fingerprint density at radius 2 is 1.52 bits per heavy atom. The fourth-order valence-corrected chi connectivity index (χ4v) is 2.47. The van der Waals surface area contributed by atoms with Crippen molar-refractivity contribution in [2.24, 2.45) is 0 Å². The second-order valence-corrected chi connectivity index (χ2v) is 5.60. The SMILES string of the molecule is COc1cc(/C=C/C(=O)O[C@H](C)C(=O)c2ccccc2)cc(OC)c1OC. The van der Waals surface area contributed by atoms with E-state index in [4.69, 9.17) is 18.9 Å². The summed E-state index contributed by atoms with van der Waals surface area (Å²) in [7, 11) is 4.53. The Hall–Kier alpha value is -3.28. The molecule has 0 unspecified atom stereocenters. The minimum atomic E-state index is -0.885. The van der Waals surface area contributed by atoms with Crippen LogP contribution in [0.1, 0.15) is 22.8 Å². The van der Waals surface area contributed by atoms with Crippen LogP contribution >= 0.6 is 0 Å². The van der Waals surface area contributed by atoms with Crippen LogP contribution in [0.3, 0.4) is 0 Å². The van der Waals surface area contributed by atoms with E-state index in [9.17, 15) is 9.59 Å². The highest BCUT2D eigenvalue weighted by Gasteiger charge is 2.18. The molecule has 0 radical (unpaired) electrons. The predicted molar refractivity (Wildman–Crippen MR) is 101 cm³/mol. The van der Waals surface area contributed by atoms with Crippen molar-refractivity contribution in [3.8, 4) is 17.2 Å². The molecule has 6 heteroatoms. The van der Waals surface area contributed by atoms with Crippen molar-refractivity contribution in [3.05, 3.63) is 59.7 Å². The Labute approximate surface area is 158 Å². The van der Waals surface area contributed by atoms with E-state index < -0.39 is 12.1 Å². The third kappa shape index (κ3) is 5.10. The lowest BCUT2D eigenvalue weighted by atomic mass is 10.1. The number of hydrogen-bond donors (Lipinski definition) is 0. The van der Waals surface area contributed by atoms with Gasteiger partial charge in [-0.2, -0.15) is 0 Å². The van der Waals surface area contributed by atoms with Crippen molar-refractivity contribution >= 4 is 17.8 Å². The van der Waals surface area contributed by atoms with Gasteiger partial charge in [0.05, 0.1) is 21.3 Å². The molecule has 0 N–H and O–H groups in total. The zero-order valence-corrected chi connectivity index (χ0v) is 15.7. The molecule has 27 heavy (non-hydrogen) atoms. The van der Waals surface area contributed by atoms with Gasteiger partial charge < -0.3 is 18.9 Å². The first-order valence-corrected chi connectivity index (χ1v) is 8.28. The van der Waals surface area contributed by atoms with Crippen LogP contribution in [-0.4, -0.2) is 39.2 Å². The van der Waals surface area contributed by atoms with Gasteiger partial charge in [-0.25, -0.2) is 4.79 Å². The van der Waals surface area contributed by atoms with Crippen molar-refractivity contribution in [1.82, 2.24) is 0 Å². The van der Waals surface area contributed by atoms with E-state index in [2.05, 4.69) is 0 Å². The summed E-state index contributed by atoms with van der Waals surface area (Å²) in [5.74, 6) is 0.516. The van der Waals surface area contributed by atoms with E-state index in [0.29, 0.717) is 28.4 Å². The number of esters is 1. The van der Waals surface area contributed by atoms with E-state index in [1.54, 1.807) is 49.4 Å². The van der Waals surface area contributed by atoms with Crippen molar-refractivity contribution in [1.29, 1.82) is 0 Å². The summed E-state index contributed by atoms with van der Waals surface area (Å²) in [5, 5.41) is 0. The van der Waals surface area contributed by atoms with E-state index in [0.717, 1.165) is 0 Å². The van der Waals surface area contributed by atoms with Gasteiger partial charge in [0.1, 0.15) is 0 Å². The molecule has 0 amide bonds. The summed E-state index contributed by atoms with van der Waals surface area (Å²) in [5.41, 5.74) is 1.15. The third-order valence-electron chi connectivity index (χ3n) is 3.82. The van der Waals surface area contributed by atoms with Gasteiger partial charge in [-0.1, -0.05) is 30.3 Å². The zero-order chi connectivity index (χ0) is 19.8. The first-order chi connectivity index (χ1) is 13.0. The maximum atomic E-state index is 12.2. The number of hydrogen-bond acceptors (Lipinski definition) is 6. The molecule has 0 aliphatic heterocycles. The number of rotatable bonds is 8. The van der Waals surface area contributed by atoms with Crippen LogP contribution in [0.5, 0.6) is 17.2 Å². The summed E-state index contributed by atoms with van der Waals surface area (Å²) in [6.45, 7) is 1.54. The molecule has 0 spiro atoms. The maximum Gasteiger partial charge on any atom is 0.331 e. The molecular weight excluding hydrogens is 348 g/mol. The van der Waals surface area contributed by atoms with Crippen LogP contribution in [0, 0.1) is 0 Å². The lowest BCUT2D eigenvalue weighted by Crippen LogP contribution is -2.23. The minimum absolute atomic E-state index is 0.259. The maximum absolute atomic E-state index is 12.2. The number of ether oxygens (including phenoxy) is 4. The summed E-state index contributed by atoms with van der Waals surface area (Å²) in [4.78, 5) is 24.3. The molecule has 2 rings (SSSR count). The van der Waals surface area contributed by atoms with E-state index in [1.807, 2.05) is 6.07 Å². The van der Waals surface area contributed by atoms with E-state index in [-0.39, 0.29) is 5.78 Å². The third-order valence-corrected chi connectivity index (χ3v) is 3.82. The Morgan fingerprint density at radius 1 is 0.926 bits per heavy atom. The summed E-state index contributed by atoms with van der Waals surface area (Å²) < 4.78 is 21.0. The van der Waals surface area contributed by atoms with Gasteiger partial charge in [0, 0.05) is 11.6 Å². The highest BCUT2D eigenvalue weighted by molar-refractivity contribution is 6.01. The van der Waals surface area contributed by atoms with Gasteiger partial charge in [0.2, 0.25) is 11.5 Å². The first kappa shape index (κ1) is 20.0. The molecule has 0 saturated carbocycles. The molecule has 0 saturated heterocycles. The van der Waals surface area contributed by atoms with Crippen LogP contribution in [0.2, 0.25) is 0 Å². The van der Waals surface area contributed by atoms with Crippen molar-refractivity contribution in [3.63, 3.8) is 0 Å². The predicted octanol–water partition coefficient (Wildman–Crippen LogP) is 3.54. The topological polar surface area (TPSA) is 71.1 Å². The van der Waals surface area contributed by atoms with Crippen LogP contribution < -0.4 is 14.2 Å². The van der Waals surface area contributed by atoms with Crippen LogP contribution in [0.4, 0.5) is 0 Å². The number of ketones is 1. The van der Waals surface area contributed by atoms with Crippen LogP contribution in [0.15, 0.2) is 48.5 Å². The molecule has 2 aromatic rings. The van der Waals surface area contributed by atoms with Crippen molar-refractivity contribution < 1.29 is 28.5 Å². The summed E-state index contributed by atoms with van der Waals surface area (Å²) in [6.07, 6.45) is 1.91. The molecule has 2 aromatic carbocycles. The molecule has 142 valence electrons. The molecule has 0 bridgehead atoms. The van der Waals surface area contributed by atoms with Crippen molar-refractivity contribution in [2.75, 3.05) is 21.3 Å². The quantitative estimate of drug-likeness (QED) is 0.402. The molecule has 6 nitrogen and oxygen atoms in total. The Kier molecular flexibility index (Phi) is 7.00. The lowest BCUT2D eigenvalue weighted by Gasteiger charge is -2.13. The fraction of sp³-hybridized carbons (Fsp3) is 0.238. The minimum Gasteiger partial charge on any atom is -0.493 e. The highest BCUT2D eigenvalue weighted by atomic mass is 16.5. The average molecular weight is 370 g/mol.